The Morgan fingerprint density at radius 3 is 1.96 bits per heavy atom. The number of halogens is 2. The molecule has 0 spiro atoms. The summed E-state index contributed by atoms with van der Waals surface area (Å²) >= 11 is 7.25. The number of rotatable bonds is 6. The van der Waals surface area contributed by atoms with E-state index in [4.69, 9.17) is 4.74 Å². The van der Waals surface area contributed by atoms with E-state index in [1.807, 2.05) is 0 Å². The van der Waals surface area contributed by atoms with Crippen LogP contribution in [-0.4, -0.2) is 11.2 Å². The molecule has 4 aromatic rings. The Hall–Kier alpha value is -1.78. The number of benzene rings is 3. The largest absolute Gasteiger partial charge is 0.494 e. The Morgan fingerprint density at radius 1 is 0.815 bits per heavy atom. The zero-order valence-electron chi connectivity index (χ0n) is 15.2. The second kappa shape index (κ2) is 8.07. The van der Waals surface area contributed by atoms with Crippen molar-refractivity contribution in [2.24, 2.45) is 0 Å². The lowest BCUT2D eigenvalue weighted by atomic mass is 10.2. The van der Waals surface area contributed by atoms with E-state index >= 15 is 0 Å². The molecule has 0 aliphatic rings. The maximum Gasteiger partial charge on any atom is 0.119 e. The van der Waals surface area contributed by atoms with E-state index in [-0.39, 0.29) is 0 Å². The van der Waals surface area contributed by atoms with Crippen LogP contribution < -0.4 is 4.74 Å². The summed E-state index contributed by atoms with van der Waals surface area (Å²) < 4.78 is 10.4. The third kappa shape index (κ3) is 3.92. The second-order valence-corrected chi connectivity index (χ2v) is 8.59. The molecule has 0 amide bonds. The van der Waals surface area contributed by atoms with E-state index in [0.717, 1.165) is 40.7 Å². The molecule has 27 heavy (non-hydrogen) atoms. The molecule has 1 aromatic heterocycles. The second-order valence-electron chi connectivity index (χ2n) is 6.76. The maximum atomic E-state index is 5.79. The van der Waals surface area contributed by atoms with Gasteiger partial charge in [0, 0.05) is 26.3 Å². The van der Waals surface area contributed by atoms with Gasteiger partial charge in [0.2, 0.25) is 0 Å². The monoisotopic (exact) mass is 485 g/mol. The van der Waals surface area contributed by atoms with Gasteiger partial charge in [0.1, 0.15) is 5.75 Å². The number of fused-ring (bicyclic) bond motifs is 3. The summed E-state index contributed by atoms with van der Waals surface area (Å²) in [7, 11) is 0. The van der Waals surface area contributed by atoms with Crippen LogP contribution in [0.3, 0.4) is 0 Å². The molecule has 0 saturated heterocycles. The average molecular weight is 487 g/mol. The molecule has 0 fully saturated rings. The third-order valence-electron chi connectivity index (χ3n) is 4.82. The van der Waals surface area contributed by atoms with Crippen molar-refractivity contribution >= 4 is 53.7 Å². The van der Waals surface area contributed by atoms with Gasteiger partial charge in [0.05, 0.1) is 17.6 Å². The van der Waals surface area contributed by atoms with Gasteiger partial charge in [-0.2, -0.15) is 0 Å². The smallest absolute Gasteiger partial charge is 0.119 e. The first-order chi connectivity index (χ1) is 13.2. The first kappa shape index (κ1) is 18.6. The summed E-state index contributed by atoms with van der Waals surface area (Å²) in [6.45, 7) is 3.78. The molecular formula is C23H21Br2NO. The van der Waals surface area contributed by atoms with Gasteiger partial charge in [-0.15, -0.1) is 0 Å². The minimum atomic E-state index is 0.783. The Balaban J connectivity index is 1.72. The molecule has 2 nitrogen and oxygen atoms in total. The van der Waals surface area contributed by atoms with E-state index in [1.54, 1.807) is 0 Å². The van der Waals surface area contributed by atoms with Gasteiger partial charge >= 0.3 is 0 Å². The van der Waals surface area contributed by atoms with Crippen molar-refractivity contribution in [3.63, 3.8) is 0 Å². The Bertz CT molecular complexity index is 1020. The van der Waals surface area contributed by atoms with Gasteiger partial charge in [-0.1, -0.05) is 69.5 Å². The minimum Gasteiger partial charge on any atom is -0.494 e. The van der Waals surface area contributed by atoms with Crippen LogP contribution >= 0.6 is 31.9 Å². The van der Waals surface area contributed by atoms with E-state index < -0.39 is 0 Å². The molecule has 4 rings (SSSR count). The summed E-state index contributed by atoms with van der Waals surface area (Å²) in [5, 5.41) is 2.56. The Kier molecular flexibility index (Phi) is 5.55. The van der Waals surface area contributed by atoms with Crippen molar-refractivity contribution in [3.8, 4) is 5.75 Å². The zero-order chi connectivity index (χ0) is 18.8. The molecule has 0 bridgehead atoms. The number of nitrogens with zero attached hydrogens (tertiary/aromatic N) is 1. The first-order valence-corrected chi connectivity index (χ1v) is 10.8. The number of hydrogen-bond donors (Lipinski definition) is 0. The highest BCUT2D eigenvalue weighted by molar-refractivity contribution is 9.10. The van der Waals surface area contributed by atoms with Crippen LogP contribution in [0.5, 0.6) is 5.75 Å². The van der Waals surface area contributed by atoms with Crippen molar-refractivity contribution in [2.45, 2.75) is 26.3 Å². The summed E-state index contributed by atoms with van der Waals surface area (Å²) in [5.74, 6) is 0.944. The normalized spacial score (nSPS) is 11.4. The standard InChI is InChI=1S/C23H21Br2NO/c1-2-3-12-27-19-8-4-16(5-9-19)15-26-22-13-17(24)6-10-20(22)21-11-7-18(25)14-23(21)26/h4-11,13-14H,2-3,12,15H2,1H3. The fourth-order valence-corrected chi connectivity index (χ4v) is 4.12. The number of ether oxygens (including phenoxy) is 1. The van der Waals surface area contributed by atoms with Crippen molar-refractivity contribution in [3.05, 3.63) is 75.2 Å². The Labute approximate surface area is 176 Å². The predicted molar refractivity (Wildman–Crippen MR) is 121 cm³/mol. The molecule has 0 N–H and O–H groups in total. The number of aromatic nitrogens is 1. The SMILES string of the molecule is CCCCOc1ccc(Cn2c3cc(Br)ccc3c3ccc(Br)cc32)cc1. The molecule has 3 aromatic carbocycles. The van der Waals surface area contributed by atoms with Crippen molar-refractivity contribution in [1.29, 1.82) is 0 Å². The highest BCUT2D eigenvalue weighted by Crippen LogP contribution is 2.33. The number of unbranched alkanes of at least 4 members (excludes halogenated alkanes) is 1. The third-order valence-corrected chi connectivity index (χ3v) is 5.81. The van der Waals surface area contributed by atoms with Crippen molar-refractivity contribution < 1.29 is 4.74 Å². The molecule has 4 heteroatoms. The van der Waals surface area contributed by atoms with Gasteiger partial charge in [-0.3, -0.25) is 0 Å². The number of hydrogen-bond acceptors (Lipinski definition) is 1. The average Bonchev–Trinajstić information content (AvgIpc) is 2.95. The molecule has 0 saturated carbocycles. The topological polar surface area (TPSA) is 14.2 Å². The lowest BCUT2D eigenvalue weighted by molar-refractivity contribution is 0.309. The molecule has 1 heterocycles. The van der Waals surface area contributed by atoms with Crippen LogP contribution in [0.4, 0.5) is 0 Å². The van der Waals surface area contributed by atoms with E-state index in [0.29, 0.717) is 0 Å². The summed E-state index contributed by atoms with van der Waals surface area (Å²) in [4.78, 5) is 0. The summed E-state index contributed by atoms with van der Waals surface area (Å²) in [6, 6.07) is 21.5. The molecular weight excluding hydrogens is 466 g/mol. The summed E-state index contributed by atoms with van der Waals surface area (Å²) in [6.07, 6.45) is 2.24. The van der Waals surface area contributed by atoms with Crippen LogP contribution in [0.25, 0.3) is 21.8 Å². The van der Waals surface area contributed by atoms with Crippen LogP contribution in [0.15, 0.2) is 69.6 Å². The summed E-state index contributed by atoms with van der Waals surface area (Å²) in [5.41, 5.74) is 3.73. The molecule has 0 radical (unpaired) electrons. The van der Waals surface area contributed by atoms with E-state index in [1.165, 1.54) is 27.4 Å². The fourth-order valence-electron chi connectivity index (χ4n) is 3.42. The predicted octanol–water partition coefficient (Wildman–Crippen LogP) is 7.55. The van der Waals surface area contributed by atoms with Crippen molar-refractivity contribution in [2.75, 3.05) is 6.61 Å². The molecule has 0 aliphatic carbocycles. The van der Waals surface area contributed by atoms with E-state index in [2.05, 4.69) is 104 Å². The van der Waals surface area contributed by atoms with Gasteiger partial charge in [0.15, 0.2) is 0 Å². The highest BCUT2D eigenvalue weighted by Gasteiger charge is 2.12. The zero-order valence-corrected chi connectivity index (χ0v) is 18.4. The molecule has 0 aliphatic heterocycles. The fraction of sp³-hybridized carbons (Fsp3) is 0.217. The lowest BCUT2D eigenvalue weighted by Crippen LogP contribution is -2.00. The lowest BCUT2D eigenvalue weighted by Gasteiger charge is -2.10. The van der Waals surface area contributed by atoms with Crippen LogP contribution in [0.2, 0.25) is 0 Å². The first-order valence-electron chi connectivity index (χ1n) is 9.24. The van der Waals surface area contributed by atoms with Crippen LogP contribution in [0, 0.1) is 0 Å². The molecule has 0 unspecified atom stereocenters. The van der Waals surface area contributed by atoms with Gasteiger partial charge in [0.25, 0.3) is 0 Å². The van der Waals surface area contributed by atoms with Gasteiger partial charge < -0.3 is 9.30 Å². The maximum absolute atomic E-state index is 5.79. The highest BCUT2D eigenvalue weighted by atomic mass is 79.9. The molecule has 0 atom stereocenters. The Morgan fingerprint density at radius 2 is 1.41 bits per heavy atom. The van der Waals surface area contributed by atoms with Gasteiger partial charge in [-0.05, 0) is 48.4 Å². The van der Waals surface area contributed by atoms with Crippen LogP contribution in [-0.2, 0) is 6.54 Å². The van der Waals surface area contributed by atoms with E-state index in [9.17, 15) is 0 Å². The van der Waals surface area contributed by atoms with Crippen molar-refractivity contribution in [1.82, 2.24) is 4.57 Å². The van der Waals surface area contributed by atoms with Gasteiger partial charge in [-0.25, -0.2) is 0 Å². The van der Waals surface area contributed by atoms with Crippen LogP contribution in [0.1, 0.15) is 25.3 Å². The quantitative estimate of drug-likeness (QED) is 0.256. The minimum absolute atomic E-state index is 0.783. The molecule has 138 valence electrons.